The number of halogens is 1. The first-order valence-electron chi connectivity index (χ1n) is 9.40. The van der Waals surface area contributed by atoms with Crippen LogP contribution < -0.4 is 9.54 Å². The van der Waals surface area contributed by atoms with E-state index in [4.69, 9.17) is 16.3 Å². The van der Waals surface area contributed by atoms with E-state index in [1.165, 1.54) is 0 Å². The van der Waals surface area contributed by atoms with Gasteiger partial charge >= 0.3 is 0 Å². The van der Waals surface area contributed by atoms with Gasteiger partial charge in [-0.15, -0.1) is 16.4 Å². The average molecular weight is 434 g/mol. The van der Waals surface area contributed by atoms with E-state index in [-0.39, 0.29) is 0 Å². The van der Waals surface area contributed by atoms with Gasteiger partial charge in [-0.25, -0.2) is 0 Å². The molecule has 4 aromatic rings. The summed E-state index contributed by atoms with van der Waals surface area (Å²) in [4.78, 5) is 0.792. The predicted molar refractivity (Wildman–Crippen MR) is 125 cm³/mol. The Morgan fingerprint density at radius 2 is 1.63 bits per heavy atom. The van der Waals surface area contributed by atoms with Crippen molar-refractivity contribution in [1.29, 1.82) is 0 Å². The lowest BCUT2D eigenvalue weighted by molar-refractivity contribution is 0.415. The van der Waals surface area contributed by atoms with E-state index < -0.39 is 0 Å². The number of aromatic nitrogens is 1. The molecule has 1 heterocycles. The third-order valence-electron chi connectivity index (χ3n) is 4.66. The van der Waals surface area contributed by atoms with E-state index in [1.807, 2.05) is 73.7 Å². The summed E-state index contributed by atoms with van der Waals surface area (Å²) in [6.45, 7) is 1.94. The molecule has 3 aromatic carbocycles. The van der Waals surface area contributed by atoms with Crippen molar-refractivity contribution >= 4 is 28.6 Å². The number of nitrogens with zero attached hydrogens (tertiary/aromatic N) is 3. The minimum atomic E-state index is 0.702. The number of rotatable bonds is 5. The fraction of sp³-hybridized carbons (Fsp3) is 0.0833. The van der Waals surface area contributed by atoms with Gasteiger partial charge in [-0.1, -0.05) is 41.9 Å². The smallest absolute Gasteiger partial charge is 0.215 e. The molecule has 0 spiro atoms. The summed E-state index contributed by atoms with van der Waals surface area (Å²) in [6, 6.07) is 25.8. The summed E-state index contributed by atoms with van der Waals surface area (Å²) in [5.74, 6) is 0.827. The molecule has 0 aliphatic heterocycles. The first kappa shape index (κ1) is 20.1. The van der Waals surface area contributed by atoms with Gasteiger partial charge in [0.25, 0.3) is 0 Å². The van der Waals surface area contributed by atoms with Crippen LogP contribution in [0.3, 0.4) is 0 Å². The molecule has 0 amide bonds. The number of hydrogen-bond acceptors (Lipinski definition) is 4. The van der Waals surface area contributed by atoms with Crippen molar-refractivity contribution in [3.05, 3.63) is 99.6 Å². The molecule has 1 aromatic heterocycles. The van der Waals surface area contributed by atoms with Gasteiger partial charge in [-0.2, -0.15) is 5.10 Å². The van der Waals surface area contributed by atoms with Crippen molar-refractivity contribution in [3.63, 3.8) is 0 Å². The van der Waals surface area contributed by atoms with Gasteiger partial charge in [-0.05, 0) is 66.6 Å². The molecular formula is C24H20ClN3OS. The Balaban J connectivity index is 1.81. The van der Waals surface area contributed by atoms with E-state index in [9.17, 15) is 0 Å². The summed E-state index contributed by atoms with van der Waals surface area (Å²) < 4.78 is 7.41. The molecule has 0 saturated carbocycles. The second kappa shape index (κ2) is 9.11. The molecule has 0 radical (unpaired) electrons. The number of ether oxygens (including phenoxy) is 1. The topological polar surface area (TPSA) is 38.9 Å². The van der Waals surface area contributed by atoms with Gasteiger partial charge in [0.05, 0.1) is 18.5 Å². The standard InChI is InChI=1S/C24H20ClN3OS/c1-17(18-8-12-20(25)13-9-18)26-27-24-28(21-6-4-3-5-7-21)23(16-30-24)19-10-14-22(29-2)15-11-19/h3-16H,1-2H3/b26-17-,27-24+. The Hall–Kier alpha value is -3.15. The zero-order valence-electron chi connectivity index (χ0n) is 16.6. The van der Waals surface area contributed by atoms with Crippen LogP contribution in [0.5, 0.6) is 5.75 Å². The molecule has 0 saturated heterocycles. The summed E-state index contributed by atoms with van der Waals surface area (Å²) >= 11 is 7.54. The molecule has 6 heteroatoms. The van der Waals surface area contributed by atoms with Crippen molar-refractivity contribution in [2.45, 2.75) is 6.92 Å². The molecule has 0 atom stereocenters. The fourth-order valence-electron chi connectivity index (χ4n) is 3.04. The maximum atomic E-state index is 5.99. The summed E-state index contributed by atoms with van der Waals surface area (Å²) in [5, 5.41) is 11.9. The maximum absolute atomic E-state index is 5.99. The Morgan fingerprint density at radius 3 is 2.30 bits per heavy atom. The summed E-state index contributed by atoms with van der Waals surface area (Å²) in [6.07, 6.45) is 0. The highest BCUT2D eigenvalue weighted by atomic mass is 35.5. The minimum Gasteiger partial charge on any atom is -0.497 e. The number of para-hydroxylation sites is 1. The van der Waals surface area contributed by atoms with Crippen molar-refractivity contribution < 1.29 is 4.74 Å². The number of benzene rings is 3. The zero-order chi connectivity index (χ0) is 20.9. The number of thiazole rings is 1. The summed E-state index contributed by atoms with van der Waals surface area (Å²) in [7, 11) is 1.67. The van der Waals surface area contributed by atoms with Crippen LogP contribution in [0.25, 0.3) is 16.9 Å². The van der Waals surface area contributed by atoms with Gasteiger partial charge in [-0.3, -0.25) is 4.57 Å². The van der Waals surface area contributed by atoms with E-state index in [1.54, 1.807) is 18.4 Å². The Bertz CT molecular complexity index is 1220. The Morgan fingerprint density at radius 1 is 0.933 bits per heavy atom. The lowest BCUT2D eigenvalue weighted by Crippen LogP contribution is -2.13. The van der Waals surface area contributed by atoms with E-state index >= 15 is 0 Å². The third kappa shape index (κ3) is 4.37. The number of methoxy groups -OCH3 is 1. The van der Waals surface area contributed by atoms with Gasteiger partial charge < -0.3 is 4.74 Å². The lowest BCUT2D eigenvalue weighted by Gasteiger charge is -2.09. The van der Waals surface area contributed by atoms with Crippen molar-refractivity contribution in [2.24, 2.45) is 10.2 Å². The van der Waals surface area contributed by atoms with Gasteiger partial charge in [0, 0.05) is 16.1 Å². The second-order valence-corrected chi connectivity index (χ2v) is 7.87. The van der Waals surface area contributed by atoms with Crippen molar-refractivity contribution in [2.75, 3.05) is 7.11 Å². The quantitative estimate of drug-likeness (QED) is 0.273. The molecule has 0 bridgehead atoms. The van der Waals surface area contributed by atoms with E-state index in [0.717, 1.165) is 38.8 Å². The Labute approximate surface area is 184 Å². The first-order valence-corrected chi connectivity index (χ1v) is 10.7. The van der Waals surface area contributed by atoms with Crippen LogP contribution in [0.1, 0.15) is 12.5 Å². The van der Waals surface area contributed by atoms with Crippen LogP contribution in [0, 0.1) is 0 Å². The van der Waals surface area contributed by atoms with E-state index in [0.29, 0.717) is 5.02 Å². The van der Waals surface area contributed by atoms with Crippen LogP contribution in [-0.2, 0) is 0 Å². The third-order valence-corrected chi connectivity index (χ3v) is 5.72. The lowest BCUT2D eigenvalue weighted by atomic mass is 10.1. The number of hydrogen-bond donors (Lipinski definition) is 0. The molecule has 0 N–H and O–H groups in total. The average Bonchev–Trinajstić information content (AvgIpc) is 3.22. The highest BCUT2D eigenvalue weighted by molar-refractivity contribution is 7.07. The second-order valence-electron chi connectivity index (χ2n) is 6.60. The fourth-order valence-corrected chi connectivity index (χ4v) is 4.02. The molecule has 0 aliphatic rings. The van der Waals surface area contributed by atoms with Crippen LogP contribution in [0.4, 0.5) is 0 Å². The largest absolute Gasteiger partial charge is 0.497 e. The van der Waals surface area contributed by atoms with Crippen molar-refractivity contribution in [1.82, 2.24) is 4.57 Å². The molecular weight excluding hydrogens is 414 g/mol. The highest BCUT2D eigenvalue weighted by Crippen LogP contribution is 2.25. The molecule has 0 unspecified atom stereocenters. The van der Waals surface area contributed by atoms with E-state index in [2.05, 4.69) is 32.3 Å². The molecule has 4 rings (SSSR count). The molecule has 150 valence electrons. The first-order chi connectivity index (χ1) is 14.7. The SMILES string of the molecule is COc1ccc(-c2cs/c(=N/N=C(/C)c3ccc(Cl)cc3)n2-c2ccccc2)cc1. The monoisotopic (exact) mass is 433 g/mol. The summed E-state index contributed by atoms with van der Waals surface area (Å²) in [5.41, 5.74) is 4.97. The van der Waals surface area contributed by atoms with Crippen molar-refractivity contribution in [3.8, 4) is 22.7 Å². The zero-order valence-corrected chi connectivity index (χ0v) is 18.2. The molecule has 0 fully saturated rings. The van der Waals surface area contributed by atoms with Crippen LogP contribution >= 0.6 is 22.9 Å². The highest BCUT2D eigenvalue weighted by Gasteiger charge is 2.10. The van der Waals surface area contributed by atoms with Crippen LogP contribution in [-0.4, -0.2) is 17.4 Å². The predicted octanol–water partition coefficient (Wildman–Crippen LogP) is 6.19. The molecule has 4 nitrogen and oxygen atoms in total. The molecule has 30 heavy (non-hydrogen) atoms. The minimum absolute atomic E-state index is 0.702. The Kier molecular flexibility index (Phi) is 6.12. The molecule has 0 aliphatic carbocycles. The normalized spacial score (nSPS) is 12.2. The van der Waals surface area contributed by atoms with Gasteiger partial charge in [0.2, 0.25) is 4.80 Å². The van der Waals surface area contributed by atoms with Gasteiger partial charge in [0.15, 0.2) is 0 Å². The van der Waals surface area contributed by atoms with Gasteiger partial charge in [0.1, 0.15) is 5.75 Å². The maximum Gasteiger partial charge on any atom is 0.215 e. The van der Waals surface area contributed by atoms with Crippen LogP contribution in [0.2, 0.25) is 5.02 Å². The van der Waals surface area contributed by atoms with Crippen LogP contribution in [0.15, 0.2) is 94.4 Å².